The Morgan fingerprint density at radius 1 is 0.521 bits per heavy atom. The summed E-state index contributed by atoms with van der Waals surface area (Å²) in [5, 5.41) is 38.0. The van der Waals surface area contributed by atoms with E-state index >= 15 is 0 Å². The Kier molecular flexibility index (Phi) is 19.9. The first-order valence-corrected chi connectivity index (χ1v) is 30.5. The van der Waals surface area contributed by atoms with Gasteiger partial charge in [0, 0.05) is 39.3 Å². The summed E-state index contributed by atoms with van der Waals surface area (Å²) in [6.07, 6.45) is 3.28. The molecule has 29 heteroatoms. The zero-order chi connectivity index (χ0) is 67.3. The summed E-state index contributed by atoms with van der Waals surface area (Å²) >= 11 is 0. The largest absolute Gasteiger partial charge is 0.495 e. The summed E-state index contributed by atoms with van der Waals surface area (Å²) in [5.41, 5.74) is 6.58. The lowest BCUT2D eigenvalue weighted by Gasteiger charge is -2.25. The van der Waals surface area contributed by atoms with Crippen molar-refractivity contribution < 1.29 is 52.3 Å². The number of rotatable bonds is 6. The normalized spacial score (nSPS) is 18.9. The summed E-state index contributed by atoms with van der Waals surface area (Å²) in [7, 11) is 9.98. The minimum Gasteiger partial charge on any atom is -0.495 e. The van der Waals surface area contributed by atoms with Crippen LogP contribution in [0.15, 0.2) is 91.4 Å². The highest BCUT2D eigenvalue weighted by molar-refractivity contribution is 6.02. The molecule has 9 heterocycles. The van der Waals surface area contributed by atoms with E-state index in [1.807, 2.05) is 108 Å². The van der Waals surface area contributed by atoms with Gasteiger partial charge in [-0.3, -0.25) is 19.3 Å². The molecule has 4 amide bonds. The van der Waals surface area contributed by atoms with Crippen LogP contribution in [0.4, 0.5) is 56.8 Å². The topological polar surface area (TPSA) is 323 Å². The van der Waals surface area contributed by atoms with Gasteiger partial charge in [-0.25, -0.2) is 19.7 Å². The molecule has 0 aliphatic carbocycles. The van der Waals surface area contributed by atoms with Crippen LogP contribution in [-0.2, 0) is 38.8 Å². The molecule has 0 saturated carbocycles. The molecule has 0 radical (unpaired) electrons. The highest BCUT2D eigenvalue weighted by Gasteiger charge is 2.29. The summed E-state index contributed by atoms with van der Waals surface area (Å²) in [4.78, 5) is 67.1. The molecule has 29 nitrogen and oxygen atoms in total. The fraction of sp³-hybridized carbons (Fsp3) is 0.385. The Morgan fingerprint density at radius 3 is 1.18 bits per heavy atom. The zero-order valence-corrected chi connectivity index (χ0v) is 55.2. The number of fused-ring (bicyclic) bond motifs is 9. The third-order valence-corrected chi connectivity index (χ3v) is 16.0. The fourth-order valence-corrected chi connectivity index (χ4v) is 10.1. The number of hydrogen-bond donors (Lipinski definition) is 8. The minimum atomic E-state index is -0.690. The van der Waals surface area contributed by atoms with Crippen molar-refractivity contribution >= 4 is 92.7 Å². The van der Waals surface area contributed by atoms with Gasteiger partial charge in [-0.05, 0) is 115 Å². The molecule has 12 bridgehead atoms. The average molecular weight is 1290 g/mol. The molecule has 0 fully saturated rings. The van der Waals surface area contributed by atoms with Gasteiger partial charge in [0.05, 0.1) is 113 Å². The van der Waals surface area contributed by atoms with Gasteiger partial charge in [0.2, 0.25) is 0 Å². The smallest absolute Gasteiger partial charge is 0.415 e. The Morgan fingerprint density at radius 2 is 0.851 bits per heavy atom. The van der Waals surface area contributed by atoms with Crippen molar-refractivity contribution in [2.24, 2.45) is 0 Å². The summed E-state index contributed by atoms with van der Waals surface area (Å²) < 4.78 is 44.6. The van der Waals surface area contributed by atoms with E-state index in [1.54, 1.807) is 78.3 Å². The summed E-state index contributed by atoms with van der Waals surface area (Å²) in [6.45, 7) is 18.0. The summed E-state index contributed by atoms with van der Waals surface area (Å²) in [6, 6.07) is 22.0. The first-order valence-electron chi connectivity index (χ1n) is 30.5. The van der Waals surface area contributed by atoms with Crippen molar-refractivity contribution in [3.8, 4) is 17.2 Å². The van der Waals surface area contributed by atoms with E-state index in [9.17, 15) is 19.2 Å². The van der Waals surface area contributed by atoms with Crippen LogP contribution in [0, 0.1) is 0 Å². The summed E-state index contributed by atoms with van der Waals surface area (Å²) in [5.74, 6) is 4.39. The second kappa shape index (κ2) is 28.1. The molecule has 3 unspecified atom stereocenters. The van der Waals surface area contributed by atoms with E-state index in [-0.39, 0.29) is 65.4 Å². The number of anilines is 9. The number of benzene rings is 3. The lowest BCUT2D eigenvalue weighted by molar-refractivity contribution is 0.0303. The maximum Gasteiger partial charge on any atom is 0.415 e. The van der Waals surface area contributed by atoms with Crippen LogP contribution >= 0.6 is 0 Å². The van der Waals surface area contributed by atoms with Crippen LogP contribution in [0.2, 0.25) is 0 Å². The van der Waals surface area contributed by atoms with E-state index in [0.29, 0.717) is 100 Å². The molecular weight excluding hydrogens is 1210 g/mol. The first-order chi connectivity index (χ1) is 45.0. The van der Waals surface area contributed by atoms with Crippen LogP contribution in [-0.4, -0.2) is 152 Å². The predicted molar refractivity (Wildman–Crippen MR) is 355 cm³/mol. The van der Waals surface area contributed by atoms with Gasteiger partial charge in [-0.1, -0.05) is 18.2 Å². The molecular formula is C65H80N18O11. The average Bonchev–Trinajstić information content (AvgIpc) is 1.56. The Labute approximate surface area is 542 Å². The molecule has 94 heavy (non-hydrogen) atoms. The molecule has 0 saturated heterocycles. The second-order valence-corrected chi connectivity index (χ2v) is 23.8. The van der Waals surface area contributed by atoms with E-state index in [1.165, 1.54) is 28.0 Å². The number of ether oxygens (including phenoxy) is 7. The third kappa shape index (κ3) is 14.7. The van der Waals surface area contributed by atoms with Gasteiger partial charge in [0.15, 0.2) is 16.9 Å². The number of nitrogens with zero attached hydrogens (tertiary/aromatic N) is 10. The SMILES string of the molecule is CNc1cc2nc3c(cnn13)C(=O)N[C@@H](C)C(C)OCc1ccc(OC)c(c1)N2.CNc1cc2nc3c(cnn13)C(=O)N[C@@H](C)C(C)OCc1ccc(OC)c(c1)N2.COc1ccc2cc1Nc1cc(N(C)C(=O)OC(C)(C)C)n3ncc(c3n1)C(=O)N[C@@H](C)C(C)OC2. The Hall–Kier alpha value is -10.5. The number of amides is 4. The second-order valence-electron chi connectivity index (χ2n) is 23.8. The van der Waals surface area contributed by atoms with Crippen molar-refractivity contribution in [1.29, 1.82) is 0 Å². The Bertz CT molecular complexity index is 4110. The maximum atomic E-state index is 13.2. The number of nitrogens with one attached hydrogen (secondary N) is 8. The maximum absolute atomic E-state index is 13.2. The van der Waals surface area contributed by atoms with Crippen LogP contribution in [0.3, 0.4) is 0 Å². The zero-order valence-electron chi connectivity index (χ0n) is 55.2. The molecule has 3 aliphatic rings. The van der Waals surface area contributed by atoms with Gasteiger partial charge in [0.1, 0.15) is 74.4 Å². The van der Waals surface area contributed by atoms with E-state index in [2.05, 4.69) is 72.8 Å². The first kappa shape index (κ1) is 66.4. The van der Waals surface area contributed by atoms with Crippen LogP contribution in [0.25, 0.3) is 16.9 Å². The quantitative estimate of drug-likeness (QED) is 0.0769. The molecule has 496 valence electrons. The highest BCUT2D eigenvalue weighted by Crippen LogP contribution is 2.35. The third-order valence-electron chi connectivity index (χ3n) is 16.0. The van der Waals surface area contributed by atoms with E-state index in [0.717, 1.165) is 28.1 Å². The Balaban J connectivity index is 0.000000155. The molecule has 3 aromatic carbocycles. The standard InChI is InChI=1S/C25H32N6O5.2C20H24N6O3/c1-14-15(2)35-13-16-8-9-19(34-7)18(10-16)28-20-11-21(30(6)24(33)36-25(3,4)5)31-22(29-20)17(12-26-31)23(32)27-14;2*1-11-12(2)29-10-13-5-6-16(28-4)15(7-13)24-17-8-18(21-3)26-19(25-17)14(9-22-26)20(27)23-11/h8-12,14-15H,13H2,1-7H3,(H,27,32)(H,28,29);2*5-9,11-12,21H,10H2,1-4H3,(H,23,27)(H,24,25)/t14-,15?;2*11-,12?/m000/s1. The van der Waals surface area contributed by atoms with Crippen molar-refractivity contribution in [2.75, 3.05) is 74.0 Å². The minimum absolute atomic E-state index is 0.182. The van der Waals surface area contributed by atoms with Crippen molar-refractivity contribution in [1.82, 2.24) is 59.7 Å². The monoisotopic (exact) mass is 1290 g/mol. The molecule has 6 aromatic heterocycles. The van der Waals surface area contributed by atoms with Gasteiger partial charge >= 0.3 is 6.09 Å². The number of aromatic nitrogens is 9. The predicted octanol–water partition coefficient (Wildman–Crippen LogP) is 9.01. The van der Waals surface area contributed by atoms with E-state index < -0.39 is 11.7 Å². The van der Waals surface area contributed by atoms with Crippen LogP contribution in [0.1, 0.15) is 110 Å². The highest BCUT2D eigenvalue weighted by atomic mass is 16.6. The molecule has 3 aliphatic heterocycles. The molecule has 9 aromatic rings. The van der Waals surface area contributed by atoms with Crippen molar-refractivity contribution in [2.45, 2.75) is 124 Å². The molecule has 8 N–H and O–H groups in total. The van der Waals surface area contributed by atoms with Crippen molar-refractivity contribution in [3.05, 3.63) is 125 Å². The fourth-order valence-electron chi connectivity index (χ4n) is 10.1. The number of hydrogen-bond acceptors (Lipinski definition) is 22. The van der Waals surface area contributed by atoms with Gasteiger partial charge in [-0.2, -0.15) is 28.8 Å². The van der Waals surface area contributed by atoms with Crippen LogP contribution < -0.4 is 61.6 Å². The number of methoxy groups -OCH3 is 3. The van der Waals surface area contributed by atoms with Gasteiger partial charge in [0.25, 0.3) is 17.7 Å². The lowest BCUT2D eigenvalue weighted by Crippen LogP contribution is -2.41. The lowest BCUT2D eigenvalue weighted by atomic mass is 10.1. The van der Waals surface area contributed by atoms with Crippen LogP contribution in [0.5, 0.6) is 17.2 Å². The van der Waals surface area contributed by atoms with E-state index in [4.69, 9.17) is 33.2 Å². The van der Waals surface area contributed by atoms with Gasteiger partial charge in [-0.15, -0.1) is 0 Å². The van der Waals surface area contributed by atoms with Gasteiger partial charge < -0.3 is 75.7 Å². The molecule has 6 atom stereocenters. The number of carbonyl (C=O) groups is 4. The number of carbonyl (C=O) groups excluding carboxylic acids is 4. The molecule has 12 rings (SSSR count). The van der Waals surface area contributed by atoms with Crippen molar-refractivity contribution in [3.63, 3.8) is 0 Å². The molecule has 0 spiro atoms.